The molecule has 0 aliphatic carbocycles. The van der Waals surface area contributed by atoms with Gasteiger partial charge in [0.1, 0.15) is 11.9 Å². The molecule has 0 N–H and O–H groups in total. The Hall–Kier alpha value is -3.07. The summed E-state index contributed by atoms with van der Waals surface area (Å²) in [6.45, 7) is 1.78. The van der Waals surface area contributed by atoms with Gasteiger partial charge in [0, 0.05) is 3.57 Å². The van der Waals surface area contributed by atoms with Gasteiger partial charge in [0.15, 0.2) is 0 Å². The van der Waals surface area contributed by atoms with Crippen LogP contribution in [0.3, 0.4) is 0 Å². The fourth-order valence-corrected chi connectivity index (χ4v) is 4.31. The van der Waals surface area contributed by atoms with Crippen molar-refractivity contribution in [3.63, 3.8) is 0 Å². The summed E-state index contributed by atoms with van der Waals surface area (Å²) in [6, 6.07) is 20.3. The first-order valence-corrected chi connectivity index (χ1v) is 11.2. The van der Waals surface area contributed by atoms with Gasteiger partial charge in [-0.05, 0) is 71.5 Å². The number of carbonyl (C=O) groups is 3. The Balaban J connectivity index is 1.75. The van der Waals surface area contributed by atoms with Crippen LogP contribution < -0.4 is 4.90 Å². The fourth-order valence-electron chi connectivity index (χ4n) is 3.95. The molecule has 0 radical (unpaired) electrons. The van der Waals surface area contributed by atoms with Gasteiger partial charge >= 0.3 is 0 Å². The summed E-state index contributed by atoms with van der Waals surface area (Å²) in [5, 5.41) is 0. The van der Waals surface area contributed by atoms with E-state index in [0.717, 1.165) is 14.0 Å². The Labute approximate surface area is 199 Å². The second-order valence-electron chi connectivity index (χ2n) is 7.54. The summed E-state index contributed by atoms with van der Waals surface area (Å²) in [5.41, 5.74) is 1.10. The molecule has 1 aliphatic rings. The Morgan fingerprint density at radius 2 is 1.62 bits per heavy atom. The molecule has 1 heterocycles. The smallest absolute Gasteiger partial charge is 0.258 e. The maximum Gasteiger partial charge on any atom is 0.258 e. The topological polar surface area (TPSA) is 57.7 Å². The molecular weight excluding hydrogens is 522 g/mol. The SMILES string of the molecule is CC(c1ccccc1)N(C(=O)c1ccccc1F)C1CC(=O)N(c2ccc(I)cc2)C1=O. The van der Waals surface area contributed by atoms with Crippen LogP contribution in [0.25, 0.3) is 0 Å². The van der Waals surface area contributed by atoms with Crippen LogP contribution in [0.2, 0.25) is 0 Å². The van der Waals surface area contributed by atoms with Gasteiger partial charge in [-0.25, -0.2) is 9.29 Å². The molecule has 0 bridgehead atoms. The standard InChI is InChI=1S/C25H20FIN2O3/c1-16(17-7-3-2-4-8-17)28(24(31)20-9-5-6-10-21(20)26)22-15-23(30)29(25(22)32)19-13-11-18(27)12-14-19/h2-14,16,22H,15H2,1H3. The molecule has 0 aromatic heterocycles. The number of halogens is 2. The molecule has 3 amide bonds. The molecule has 0 saturated carbocycles. The molecular formula is C25H20FIN2O3. The van der Waals surface area contributed by atoms with Crippen molar-refractivity contribution < 1.29 is 18.8 Å². The number of imide groups is 1. The minimum absolute atomic E-state index is 0.136. The van der Waals surface area contributed by atoms with Gasteiger partial charge in [-0.15, -0.1) is 0 Å². The number of rotatable bonds is 5. The first-order chi connectivity index (χ1) is 15.4. The van der Waals surface area contributed by atoms with Gasteiger partial charge in [-0.1, -0.05) is 42.5 Å². The lowest BCUT2D eigenvalue weighted by molar-refractivity contribution is -0.122. The van der Waals surface area contributed by atoms with Crippen LogP contribution in [0, 0.1) is 9.39 Å². The average Bonchev–Trinajstić information content (AvgIpc) is 3.09. The second kappa shape index (κ2) is 9.20. The lowest BCUT2D eigenvalue weighted by atomic mass is 10.0. The number of anilines is 1. The van der Waals surface area contributed by atoms with E-state index in [9.17, 15) is 18.8 Å². The van der Waals surface area contributed by atoms with Crippen LogP contribution >= 0.6 is 22.6 Å². The van der Waals surface area contributed by atoms with E-state index >= 15 is 0 Å². The fraction of sp³-hybridized carbons (Fsp3) is 0.160. The molecule has 4 rings (SSSR count). The van der Waals surface area contributed by atoms with Gasteiger partial charge < -0.3 is 4.90 Å². The van der Waals surface area contributed by atoms with Gasteiger partial charge in [-0.2, -0.15) is 0 Å². The Kier molecular flexibility index (Phi) is 6.36. The summed E-state index contributed by atoms with van der Waals surface area (Å²) in [6.07, 6.45) is -0.164. The monoisotopic (exact) mass is 542 g/mol. The molecule has 32 heavy (non-hydrogen) atoms. The van der Waals surface area contributed by atoms with Crippen molar-refractivity contribution in [2.24, 2.45) is 0 Å². The summed E-state index contributed by atoms with van der Waals surface area (Å²) in [4.78, 5) is 42.2. The normalized spacial score (nSPS) is 16.8. The largest absolute Gasteiger partial charge is 0.319 e. The second-order valence-corrected chi connectivity index (χ2v) is 8.79. The minimum Gasteiger partial charge on any atom is -0.319 e. The number of hydrogen-bond acceptors (Lipinski definition) is 3. The van der Waals surface area contributed by atoms with E-state index in [-0.39, 0.29) is 12.0 Å². The first kappa shape index (κ1) is 22.1. The van der Waals surface area contributed by atoms with Crippen LogP contribution in [-0.4, -0.2) is 28.7 Å². The zero-order valence-corrected chi connectivity index (χ0v) is 19.4. The van der Waals surface area contributed by atoms with E-state index in [1.54, 1.807) is 37.3 Å². The molecule has 162 valence electrons. The van der Waals surface area contributed by atoms with Gasteiger partial charge in [0.25, 0.3) is 11.8 Å². The van der Waals surface area contributed by atoms with Crippen LogP contribution in [0.1, 0.15) is 35.3 Å². The third kappa shape index (κ3) is 4.17. The predicted octanol–water partition coefficient (Wildman–Crippen LogP) is 4.97. The molecule has 1 aliphatic heterocycles. The maximum atomic E-state index is 14.5. The summed E-state index contributed by atoms with van der Waals surface area (Å²) >= 11 is 2.14. The van der Waals surface area contributed by atoms with Crippen molar-refractivity contribution in [2.45, 2.75) is 25.4 Å². The molecule has 5 nitrogen and oxygen atoms in total. The van der Waals surface area contributed by atoms with Crippen molar-refractivity contribution in [1.29, 1.82) is 0 Å². The molecule has 3 aromatic carbocycles. The van der Waals surface area contributed by atoms with Crippen LogP contribution in [0.4, 0.5) is 10.1 Å². The van der Waals surface area contributed by atoms with Crippen LogP contribution in [0.5, 0.6) is 0 Å². The number of amides is 3. The van der Waals surface area contributed by atoms with Crippen molar-refractivity contribution in [3.05, 3.63) is 99.4 Å². The number of nitrogens with zero attached hydrogens (tertiary/aromatic N) is 2. The maximum absolute atomic E-state index is 14.5. The summed E-state index contributed by atoms with van der Waals surface area (Å²) in [5.74, 6) is -2.19. The van der Waals surface area contributed by atoms with Gasteiger partial charge in [0.2, 0.25) is 5.91 Å². The van der Waals surface area contributed by atoms with Crippen LogP contribution in [-0.2, 0) is 9.59 Å². The Bertz CT molecular complexity index is 1170. The van der Waals surface area contributed by atoms with Crippen LogP contribution in [0.15, 0.2) is 78.9 Å². The van der Waals surface area contributed by atoms with E-state index in [4.69, 9.17) is 0 Å². The molecule has 7 heteroatoms. The van der Waals surface area contributed by atoms with Crippen molar-refractivity contribution in [1.82, 2.24) is 4.90 Å². The molecule has 1 saturated heterocycles. The quantitative estimate of drug-likeness (QED) is 0.338. The van der Waals surface area contributed by atoms with Gasteiger partial charge in [-0.3, -0.25) is 14.4 Å². The van der Waals surface area contributed by atoms with Gasteiger partial charge in [0.05, 0.1) is 23.7 Å². The van der Waals surface area contributed by atoms with E-state index in [0.29, 0.717) is 5.69 Å². The lowest BCUT2D eigenvalue weighted by Crippen LogP contribution is -2.47. The Morgan fingerprint density at radius 1 is 1.00 bits per heavy atom. The number of benzene rings is 3. The molecule has 1 fully saturated rings. The van der Waals surface area contributed by atoms with Crippen molar-refractivity contribution in [2.75, 3.05) is 4.90 Å². The molecule has 2 atom stereocenters. The predicted molar refractivity (Wildman–Crippen MR) is 127 cm³/mol. The summed E-state index contributed by atoms with van der Waals surface area (Å²) in [7, 11) is 0. The number of carbonyl (C=O) groups excluding carboxylic acids is 3. The molecule has 2 unspecified atom stereocenters. The van der Waals surface area contributed by atoms with Crippen molar-refractivity contribution >= 4 is 46.0 Å². The highest BCUT2D eigenvalue weighted by Crippen LogP contribution is 2.33. The third-order valence-electron chi connectivity index (χ3n) is 5.58. The highest BCUT2D eigenvalue weighted by atomic mass is 127. The highest BCUT2D eigenvalue weighted by molar-refractivity contribution is 14.1. The molecule has 3 aromatic rings. The van der Waals surface area contributed by atoms with E-state index in [2.05, 4.69) is 22.6 Å². The van der Waals surface area contributed by atoms with E-state index < -0.39 is 35.6 Å². The van der Waals surface area contributed by atoms with E-state index in [1.165, 1.54) is 23.1 Å². The average molecular weight is 542 g/mol. The summed E-state index contributed by atoms with van der Waals surface area (Å²) < 4.78 is 15.5. The van der Waals surface area contributed by atoms with E-state index in [1.807, 2.05) is 30.3 Å². The van der Waals surface area contributed by atoms with Crippen molar-refractivity contribution in [3.8, 4) is 0 Å². The number of hydrogen-bond donors (Lipinski definition) is 0. The minimum atomic E-state index is -1.04. The first-order valence-electron chi connectivity index (χ1n) is 10.1. The zero-order valence-electron chi connectivity index (χ0n) is 17.2. The highest BCUT2D eigenvalue weighted by Gasteiger charge is 2.46. The Morgan fingerprint density at radius 3 is 2.28 bits per heavy atom. The lowest BCUT2D eigenvalue weighted by Gasteiger charge is -2.33. The zero-order chi connectivity index (χ0) is 22.8. The third-order valence-corrected chi connectivity index (χ3v) is 6.30. The molecule has 0 spiro atoms.